The van der Waals surface area contributed by atoms with E-state index in [2.05, 4.69) is 23.1 Å². The van der Waals surface area contributed by atoms with Crippen LogP contribution in [0, 0.1) is 0 Å². The number of halogens is 1. The first-order valence-corrected chi connectivity index (χ1v) is 6.24. The van der Waals surface area contributed by atoms with Crippen LogP contribution in [-0.2, 0) is 6.54 Å². The molecule has 1 heterocycles. The van der Waals surface area contributed by atoms with Crippen molar-refractivity contribution in [3.63, 3.8) is 0 Å². The Morgan fingerprint density at radius 2 is 1.75 bits per heavy atom. The van der Waals surface area contributed by atoms with Crippen molar-refractivity contribution in [1.82, 2.24) is 0 Å². The summed E-state index contributed by atoms with van der Waals surface area (Å²) in [7, 11) is 1.67. The quantitative estimate of drug-likeness (QED) is 0.913. The number of methoxy groups -OCH3 is 1. The summed E-state index contributed by atoms with van der Waals surface area (Å²) in [5.41, 5.74) is 9.71. The minimum Gasteiger partial charge on any atom is -0.497 e. The Kier molecular flexibility index (Phi) is 4.35. The molecule has 20 heavy (non-hydrogen) atoms. The Hall–Kier alpha value is -1.94. The Balaban J connectivity index is 0.00000147. The van der Waals surface area contributed by atoms with Crippen molar-refractivity contribution >= 4 is 28.7 Å². The van der Waals surface area contributed by atoms with Gasteiger partial charge in [0.2, 0.25) is 0 Å². The van der Waals surface area contributed by atoms with Gasteiger partial charge in [-0.15, -0.1) is 17.0 Å². The van der Waals surface area contributed by atoms with Crippen molar-refractivity contribution < 1.29 is 4.74 Å². The average Bonchev–Trinajstić information content (AvgIpc) is 2.47. The van der Waals surface area contributed by atoms with E-state index in [9.17, 15) is 0 Å². The second kappa shape index (κ2) is 6.01. The number of anilines is 1. The molecule has 0 aromatic heterocycles. The zero-order valence-electron chi connectivity index (χ0n) is 11.2. The number of nitrogens with zero attached hydrogens (tertiary/aromatic N) is 1. The molecule has 2 aromatic carbocycles. The first-order chi connectivity index (χ1) is 9.28. The molecule has 1 aliphatic rings. The third kappa shape index (κ3) is 2.65. The molecule has 2 N–H and O–H groups in total. The average molecular weight is 333 g/mol. The van der Waals surface area contributed by atoms with Crippen LogP contribution in [0.3, 0.4) is 0 Å². The monoisotopic (exact) mass is 332 g/mol. The topological polar surface area (TPSA) is 38.5 Å². The molecular formula is C16H17BrN2O. The summed E-state index contributed by atoms with van der Waals surface area (Å²) in [6, 6.07) is 16.3. The zero-order chi connectivity index (χ0) is 13.2. The molecule has 0 saturated carbocycles. The van der Waals surface area contributed by atoms with Gasteiger partial charge in [0.1, 0.15) is 11.6 Å². The highest BCUT2D eigenvalue weighted by Crippen LogP contribution is 2.28. The third-order valence-electron chi connectivity index (χ3n) is 3.38. The van der Waals surface area contributed by atoms with Crippen molar-refractivity contribution in [2.75, 3.05) is 12.0 Å². The fraction of sp³-hybridized carbons (Fsp3) is 0.125. The Labute approximate surface area is 129 Å². The van der Waals surface area contributed by atoms with Crippen LogP contribution in [0.2, 0.25) is 0 Å². The predicted molar refractivity (Wildman–Crippen MR) is 88.1 cm³/mol. The molecule has 0 radical (unpaired) electrons. The summed E-state index contributed by atoms with van der Waals surface area (Å²) in [6.07, 6.45) is 2.02. The molecule has 0 spiro atoms. The van der Waals surface area contributed by atoms with Crippen LogP contribution in [-0.4, -0.2) is 7.11 Å². The van der Waals surface area contributed by atoms with Gasteiger partial charge < -0.3 is 15.4 Å². The molecule has 1 aliphatic heterocycles. The lowest BCUT2D eigenvalue weighted by Crippen LogP contribution is -2.29. The summed E-state index contributed by atoms with van der Waals surface area (Å²) in [4.78, 5) is 2.10. The molecule has 0 unspecified atom stereocenters. The van der Waals surface area contributed by atoms with Crippen molar-refractivity contribution in [2.45, 2.75) is 6.54 Å². The standard InChI is InChI=1S/C16H16N2O.BrH/c1-19-15-8-6-14(7-9-15)18-11-13-5-3-2-4-12(13)10-16(18)17;/h2-10H,11,17H2,1H3;1H. The number of hydrogen-bond donors (Lipinski definition) is 1. The third-order valence-corrected chi connectivity index (χ3v) is 3.38. The second-order valence-electron chi connectivity index (χ2n) is 4.55. The van der Waals surface area contributed by atoms with Gasteiger partial charge in [0.25, 0.3) is 0 Å². The van der Waals surface area contributed by atoms with Crippen molar-refractivity contribution in [1.29, 1.82) is 0 Å². The molecule has 0 aliphatic carbocycles. The van der Waals surface area contributed by atoms with Crippen LogP contribution in [0.25, 0.3) is 6.08 Å². The fourth-order valence-corrected chi connectivity index (χ4v) is 2.32. The number of ether oxygens (including phenoxy) is 1. The number of hydrogen-bond acceptors (Lipinski definition) is 3. The summed E-state index contributed by atoms with van der Waals surface area (Å²) in [5.74, 6) is 1.62. The molecule has 2 aromatic rings. The van der Waals surface area contributed by atoms with Gasteiger partial charge in [0, 0.05) is 5.69 Å². The lowest BCUT2D eigenvalue weighted by molar-refractivity contribution is 0.415. The largest absolute Gasteiger partial charge is 0.497 e. The summed E-state index contributed by atoms with van der Waals surface area (Å²) >= 11 is 0. The lowest BCUT2D eigenvalue weighted by atomic mass is 10.0. The predicted octanol–water partition coefficient (Wildman–Crippen LogP) is 3.55. The van der Waals surface area contributed by atoms with Crippen molar-refractivity contribution in [3.05, 3.63) is 65.5 Å². The smallest absolute Gasteiger partial charge is 0.119 e. The molecule has 3 nitrogen and oxygen atoms in total. The van der Waals surface area contributed by atoms with Gasteiger partial charge in [-0.1, -0.05) is 24.3 Å². The van der Waals surface area contributed by atoms with E-state index < -0.39 is 0 Å². The van der Waals surface area contributed by atoms with E-state index in [1.54, 1.807) is 7.11 Å². The normalized spacial score (nSPS) is 13.1. The molecule has 0 atom stereocenters. The highest BCUT2D eigenvalue weighted by atomic mass is 79.9. The Bertz CT molecular complexity index is 623. The maximum absolute atomic E-state index is 6.15. The zero-order valence-corrected chi connectivity index (χ0v) is 13.0. The molecule has 0 saturated heterocycles. The van der Waals surface area contributed by atoms with Crippen LogP contribution in [0.4, 0.5) is 5.69 Å². The van der Waals surface area contributed by atoms with Gasteiger partial charge in [-0.25, -0.2) is 0 Å². The minimum atomic E-state index is 0. The van der Waals surface area contributed by atoms with Crippen LogP contribution >= 0.6 is 17.0 Å². The molecule has 4 heteroatoms. The van der Waals surface area contributed by atoms with Gasteiger partial charge in [0.15, 0.2) is 0 Å². The maximum atomic E-state index is 6.15. The number of rotatable bonds is 2. The second-order valence-corrected chi connectivity index (χ2v) is 4.55. The van der Waals surface area contributed by atoms with E-state index in [0.29, 0.717) is 0 Å². The van der Waals surface area contributed by atoms with E-state index >= 15 is 0 Å². The number of benzene rings is 2. The maximum Gasteiger partial charge on any atom is 0.119 e. The SMILES string of the molecule is Br.COc1ccc(N2Cc3ccccc3C=C2N)cc1. The van der Waals surface area contributed by atoms with Gasteiger partial charge in [-0.2, -0.15) is 0 Å². The Morgan fingerprint density at radius 1 is 1.05 bits per heavy atom. The van der Waals surface area contributed by atoms with Gasteiger partial charge in [-0.05, 0) is 41.5 Å². The van der Waals surface area contributed by atoms with Crippen molar-refractivity contribution in [3.8, 4) is 5.75 Å². The molecule has 3 rings (SSSR count). The van der Waals surface area contributed by atoms with Crippen molar-refractivity contribution in [2.24, 2.45) is 5.73 Å². The van der Waals surface area contributed by atoms with Gasteiger partial charge >= 0.3 is 0 Å². The van der Waals surface area contributed by atoms with Crippen LogP contribution < -0.4 is 15.4 Å². The molecule has 0 amide bonds. The fourth-order valence-electron chi connectivity index (χ4n) is 2.32. The van der Waals surface area contributed by atoms with E-state index in [1.165, 1.54) is 11.1 Å². The molecule has 0 fully saturated rings. The number of nitrogens with two attached hydrogens (primary N) is 1. The first kappa shape index (κ1) is 14.5. The summed E-state index contributed by atoms with van der Waals surface area (Å²) in [5, 5.41) is 0. The van der Waals surface area contributed by atoms with Crippen LogP contribution in [0.1, 0.15) is 11.1 Å². The molecule has 104 valence electrons. The van der Waals surface area contributed by atoms with Crippen LogP contribution in [0.15, 0.2) is 54.4 Å². The van der Waals surface area contributed by atoms with Gasteiger partial charge in [-0.3, -0.25) is 0 Å². The van der Waals surface area contributed by atoms with E-state index in [0.717, 1.165) is 23.8 Å². The van der Waals surface area contributed by atoms with Crippen LogP contribution in [0.5, 0.6) is 5.75 Å². The summed E-state index contributed by atoms with van der Waals surface area (Å²) in [6.45, 7) is 0.796. The Morgan fingerprint density at radius 3 is 2.45 bits per heavy atom. The highest BCUT2D eigenvalue weighted by molar-refractivity contribution is 8.93. The summed E-state index contributed by atoms with van der Waals surface area (Å²) < 4.78 is 5.18. The first-order valence-electron chi connectivity index (χ1n) is 6.24. The van der Waals surface area contributed by atoms with Gasteiger partial charge in [0.05, 0.1) is 13.7 Å². The highest BCUT2D eigenvalue weighted by Gasteiger charge is 2.16. The molecular weight excluding hydrogens is 316 g/mol. The number of fused-ring (bicyclic) bond motifs is 1. The minimum absolute atomic E-state index is 0. The van der Waals surface area contributed by atoms with E-state index in [4.69, 9.17) is 10.5 Å². The van der Waals surface area contributed by atoms with E-state index in [-0.39, 0.29) is 17.0 Å². The molecule has 0 bridgehead atoms. The lowest BCUT2D eigenvalue weighted by Gasteiger charge is -2.29. The van der Waals surface area contributed by atoms with E-state index in [1.807, 2.05) is 36.4 Å².